The van der Waals surface area contributed by atoms with Crippen LogP contribution in [0, 0.1) is 0 Å². The molecule has 0 saturated carbocycles. The van der Waals surface area contributed by atoms with Gasteiger partial charge in [-0.25, -0.2) is 4.98 Å². The van der Waals surface area contributed by atoms with Gasteiger partial charge in [-0.2, -0.15) is 4.98 Å². The highest BCUT2D eigenvalue weighted by atomic mass is 35.5. The van der Waals surface area contributed by atoms with Gasteiger partial charge in [0.25, 0.3) is 11.7 Å². The molecule has 2 N–H and O–H groups in total. The van der Waals surface area contributed by atoms with Crippen LogP contribution in [0.25, 0.3) is 0 Å². The van der Waals surface area contributed by atoms with E-state index in [1.807, 2.05) is 18.2 Å². The number of para-hydroxylation sites is 1. The van der Waals surface area contributed by atoms with Crippen molar-refractivity contribution in [3.05, 3.63) is 71.9 Å². The Bertz CT molecular complexity index is 1440. The molecular weight excluding hydrogens is 534 g/mol. The van der Waals surface area contributed by atoms with Gasteiger partial charge in [0.2, 0.25) is 11.9 Å². The van der Waals surface area contributed by atoms with Crippen LogP contribution in [0.5, 0.6) is 5.75 Å². The summed E-state index contributed by atoms with van der Waals surface area (Å²) in [6, 6.07) is 12.4. The van der Waals surface area contributed by atoms with Gasteiger partial charge in [-0.15, -0.1) is 0 Å². The molecule has 1 fully saturated rings. The molecule has 2 aromatic carbocycles. The van der Waals surface area contributed by atoms with E-state index >= 15 is 0 Å². The Morgan fingerprint density at radius 2 is 1.77 bits per heavy atom. The highest BCUT2D eigenvalue weighted by Crippen LogP contribution is 2.33. The second kappa shape index (κ2) is 12.5. The van der Waals surface area contributed by atoms with Crippen LogP contribution >= 0.6 is 11.6 Å². The van der Waals surface area contributed by atoms with Crippen molar-refractivity contribution in [1.29, 1.82) is 0 Å². The standard InChI is InChI=1S/C28H30ClN7O4/c1-5-24(37)36-14-12-35(13-15-36)18-10-11-22(23(16-18)40-4)32-28-30-17-20(29)26(33-28)31-21-9-7-6-8-19(21)25(38)27(39)34(2)3/h5-11,16-17H,1,12-15H2,2-4H3,(H2,30,31,32,33). The van der Waals surface area contributed by atoms with Gasteiger partial charge in [-0.1, -0.05) is 30.3 Å². The van der Waals surface area contributed by atoms with E-state index in [-0.39, 0.29) is 28.3 Å². The second-order valence-corrected chi connectivity index (χ2v) is 9.52. The van der Waals surface area contributed by atoms with Crippen molar-refractivity contribution < 1.29 is 19.1 Å². The first-order valence-electron chi connectivity index (χ1n) is 12.5. The number of carbonyl (C=O) groups is 3. The number of rotatable bonds is 9. The minimum Gasteiger partial charge on any atom is -0.494 e. The number of anilines is 5. The molecular formula is C28H30ClN7O4. The fraction of sp³-hybridized carbons (Fsp3) is 0.250. The molecule has 4 rings (SSSR count). The molecule has 0 spiro atoms. The molecule has 2 amide bonds. The fourth-order valence-corrected chi connectivity index (χ4v) is 4.30. The van der Waals surface area contributed by atoms with Crippen LogP contribution < -0.4 is 20.3 Å². The van der Waals surface area contributed by atoms with E-state index < -0.39 is 11.7 Å². The number of nitrogens with one attached hydrogen (secondary N) is 2. The van der Waals surface area contributed by atoms with Gasteiger partial charge in [0.15, 0.2) is 5.82 Å². The zero-order valence-corrected chi connectivity index (χ0v) is 23.2. The molecule has 1 aliphatic rings. The highest BCUT2D eigenvalue weighted by Gasteiger charge is 2.23. The van der Waals surface area contributed by atoms with Gasteiger partial charge in [-0.3, -0.25) is 14.4 Å². The minimum atomic E-state index is -0.657. The first kappa shape index (κ1) is 28.4. The maximum Gasteiger partial charge on any atom is 0.294 e. The van der Waals surface area contributed by atoms with Crippen LogP contribution in [0.2, 0.25) is 5.02 Å². The molecule has 208 valence electrons. The predicted octanol–water partition coefficient (Wildman–Crippen LogP) is 3.73. The number of ether oxygens (including phenoxy) is 1. The lowest BCUT2D eigenvalue weighted by Crippen LogP contribution is -2.48. The smallest absolute Gasteiger partial charge is 0.294 e. The number of hydrogen-bond donors (Lipinski definition) is 2. The monoisotopic (exact) mass is 563 g/mol. The van der Waals surface area contributed by atoms with E-state index in [0.29, 0.717) is 43.3 Å². The van der Waals surface area contributed by atoms with E-state index in [1.54, 1.807) is 36.3 Å². The number of carbonyl (C=O) groups excluding carboxylic acids is 3. The normalized spacial score (nSPS) is 12.9. The topological polar surface area (TPSA) is 120 Å². The molecule has 3 aromatic rings. The Morgan fingerprint density at radius 1 is 1.05 bits per heavy atom. The lowest BCUT2D eigenvalue weighted by atomic mass is 10.1. The van der Waals surface area contributed by atoms with Gasteiger partial charge < -0.3 is 30.1 Å². The number of halogens is 1. The summed E-state index contributed by atoms with van der Waals surface area (Å²) in [6.07, 6.45) is 2.77. The predicted molar refractivity (Wildman–Crippen MR) is 155 cm³/mol. The number of nitrogens with zero attached hydrogens (tertiary/aromatic N) is 5. The summed E-state index contributed by atoms with van der Waals surface area (Å²) in [6.45, 7) is 6.16. The van der Waals surface area contributed by atoms with E-state index in [4.69, 9.17) is 16.3 Å². The van der Waals surface area contributed by atoms with Crippen molar-refractivity contribution in [3.63, 3.8) is 0 Å². The molecule has 12 heteroatoms. The van der Waals surface area contributed by atoms with Crippen molar-refractivity contribution in [1.82, 2.24) is 19.8 Å². The molecule has 0 atom stereocenters. The number of methoxy groups -OCH3 is 1. The quantitative estimate of drug-likeness (QED) is 0.228. The van der Waals surface area contributed by atoms with Crippen molar-refractivity contribution in [2.75, 3.05) is 62.9 Å². The number of aromatic nitrogens is 2. The third-order valence-corrected chi connectivity index (χ3v) is 6.61. The van der Waals surface area contributed by atoms with Crippen LogP contribution in [-0.2, 0) is 9.59 Å². The summed E-state index contributed by atoms with van der Waals surface area (Å²) in [7, 11) is 4.61. The number of benzene rings is 2. The molecule has 0 bridgehead atoms. The summed E-state index contributed by atoms with van der Waals surface area (Å²) < 4.78 is 5.62. The third kappa shape index (κ3) is 6.32. The van der Waals surface area contributed by atoms with Crippen molar-refractivity contribution in [2.24, 2.45) is 0 Å². The molecule has 1 aliphatic heterocycles. The van der Waals surface area contributed by atoms with Crippen LogP contribution in [0.15, 0.2) is 61.3 Å². The fourth-order valence-electron chi connectivity index (χ4n) is 4.17. The van der Waals surface area contributed by atoms with Gasteiger partial charge >= 0.3 is 0 Å². The summed E-state index contributed by atoms with van der Waals surface area (Å²) in [5.74, 6) is -0.302. The number of amides is 2. The van der Waals surface area contributed by atoms with E-state index in [9.17, 15) is 14.4 Å². The molecule has 0 unspecified atom stereocenters. The molecule has 0 aliphatic carbocycles. The Kier molecular flexibility index (Phi) is 8.85. The van der Waals surface area contributed by atoms with Crippen molar-refractivity contribution in [2.45, 2.75) is 0 Å². The third-order valence-electron chi connectivity index (χ3n) is 6.33. The molecule has 0 radical (unpaired) electrons. The maximum atomic E-state index is 12.7. The molecule has 2 heterocycles. The second-order valence-electron chi connectivity index (χ2n) is 9.12. The van der Waals surface area contributed by atoms with Crippen molar-refractivity contribution in [3.8, 4) is 5.75 Å². The molecule has 11 nitrogen and oxygen atoms in total. The van der Waals surface area contributed by atoms with Gasteiger partial charge in [0, 0.05) is 52.0 Å². The Labute approximate surface area is 237 Å². The number of ketones is 1. The molecule has 1 aromatic heterocycles. The molecule has 40 heavy (non-hydrogen) atoms. The first-order valence-corrected chi connectivity index (χ1v) is 12.9. The van der Waals surface area contributed by atoms with E-state index in [1.165, 1.54) is 31.3 Å². The number of piperazine rings is 1. The van der Waals surface area contributed by atoms with Gasteiger partial charge in [0.05, 0.1) is 30.2 Å². The van der Waals surface area contributed by atoms with Crippen LogP contribution in [-0.4, -0.2) is 84.7 Å². The van der Waals surface area contributed by atoms with Crippen LogP contribution in [0.3, 0.4) is 0 Å². The summed E-state index contributed by atoms with van der Waals surface area (Å²) in [5.41, 5.74) is 2.16. The van der Waals surface area contributed by atoms with Crippen LogP contribution in [0.1, 0.15) is 10.4 Å². The summed E-state index contributed by atoms with van der Waals surface area (Å²) in [5, 5.41) is 6.43. The largest absolute Gasteiger partial charge is 0.494 e. The SMILES string of the molecule is C=CC(=O)N1CCN(c2ccc(Nc3ncc(Cl)c(Nc4ccccc4C(=O)C(=O)N(C)C)n3)c(OC)c2)CC1. The van der Waals surface area contributed by atoms with Crippen molar-refractivity contribution >= 4 is 58.0 Å². The van der Waals surface area contributed by atoms with Gasteiger partial charge in [-0.05, 0) is 30.3 Å². The average molecular weight is 564 g/mol. The first-order chi connectivity index (χ1) is 19.2. The zero-order chi connectivity index (χ0) is 28.8. The van der Waals surface area contributed by atoms with Gasteiger partial charge in [0.1, 0.15) is 10.8 Å². The highest BCUT2D eigenvalue weighted by molar-refractivity contribution is 6.43. The van der Waals surface area contributed by atoms with Crippen LogP contribution in [0.4, 0.5) is 28.8 Å². The Morgan fingerprint density at radius 3 is 2.45 bits per heavy atom. The number of likely N-dealkylation sites (N-methyl/N-ethyl adjacent to an activating group) is 1. The average Bonchev–Trinajstić information content (AvgIpc) is 2.98. The van der Waals surface area contributed by atoms with E-state index in [2.05, 4.69) is 32.1 Å². The Hall–Kier alpha value is -4.64. The zero-order valence-electron chi connectivity index (χ0n) is 22.5. The molecule has 1 saturated heterocycles. The van der Waals surface area contributed by atoms with E-state index in [0.717, 1.165) is 5.69 Å². The lowest BCUT2D eigenvalue weighted by molar-refractivity contribution is -0.126. The number of hydrogen-bond acceptors (Lipinski definition) is 9. The lowest BCUT2D eigenvalue weighted by Gasteiger charge is -2.35. The summed E-state index contributed by atoms with van der Waals surface area (Å²) in [4.78, 5) is 50.8. The number of Topliss-reactive ketones (excluding diaryl/α,β-unsaturated/α-hetero) is 1. The maximum absolute atomic E-state index is 12.7. The minimum absolute atomic E-state index is 0.0641. The Balaban J connectivity index is 1.52. The summed E-state index contributed by atoms with van der Waals surface area (Å²) >= 11 is 6.36.